The molecule has 0 fully saturated rings. The molecular weight excluding hydrogens is 306 g/mol. The number of esters is 1. The van der Waals surface area contributed by atoms with Crippen molar-refractivity contribution in [1.82, 2.24) is 0 Å². The van der Waals surface area contributed by atoms with Gasteiger partial charge in [-0.05, 0) is 50.1 Å². The lowest BCUT2D eigenvalue weighted by molar-refractivity contribution is -0.123. The summed E-state index contributed by atoms with van der Waals surface area (Å²) in [6, 6.07) is 12.4. The van der Waals surface area contributed by atoms with Crippen LogP contribution in [0, 0.1) is 13.8 Å². The molecule has 2 aromatic carbocycles. The number of hydrogen-bond donors (Lipinski definition) is 1. The van der Waals surface area contributed by atoms with Crippen molar-refractivity contribution in [2.24, 2.45) is 0 Å². The zero-order valence-corrected chi connectivity index (χ0v) is 14.3. The summed E-state index contributed by atoms with van der Waals surface area (Å²) >= 11 is 0. The van der Waals surface area contributed by atoms with Crippen molar-refractivity contribution >= 4 is 17.6 Å². The van der Waals surface area contributed by atoms with E-state index in [4.69, 9.17) is 9.47 Å². The largest absolute Gasteiger partial charge is 0.497 e. The molecule has 1 atom stereocenters. The van der Waals surface area contributed by atoms with E-state index in [2.05, 4.69) is 5.32 Å². The highest BCUT2D eigenvalue weighted by atomic mass is 16.5. The third kappa shape index (κ3) is 4.13. The third-order valence-electron chi connectivity index (χ3n) is 3.81. The Morgan fingerprint density at radius 2 is 1.79 bits per heavy atom. The summed E-state index contributed by atoms with van der Waals surface area (Å²) in [6.45, 7) is 5.32. The summed E-state index contributed by atoms with van der Waals surface area (Å²) < 4.78 is 10.4. The standard InChI is InChI=1S/C19H21NO4/c1-12-7-5-10-17(13(12)2)19(22)24-14(3)18(21)20-15-8-6-9-16(11-15)23-4/h5-11,14H,1-4H3,(H,20,21)/t14-/m0/s1. The van der Waals surface area contributed by atoms with Gasteiger partial charge in [0.2, 0.25) is 0 Å². The number of carbonyl (C=O) groups is 2. The zero-order valence-electron chi connectivity index (χ0n) is 14.3. The molecule has 0 aliphatic rings. The Labute approximate surface area is 141 Å². The van der Waals surface area contributed by atoms with Crippen LogP contribution in [0.1, 0.15) is 28.4 Å². The number of amides is 1. The van der Waals surface area contributed by atoms with Gasteiger partial charge in [-0.15, -0.1) is 0 Å². The molecule has 0 saturated carbocycles. The van der Waals surface area contributed by atoms with Crippen molar-refractivity contribution in [3.63, 3.8) is 0 Å². The van der Waals surface area contributed by atoms with Gasteiger partial charge in [-0.25, -0.2) is 4.79 Å². The smallest absolute Gasteiger partial charge is 0.339 e. The quantitative estimate of drug-likeness (QED) is 0.854. The van der Waals surface area contributed by atoms with Crippen molar-refractivity contribution in [3.8, 4) is 5.75 Å². The van der Waals surface area contributed by atoms with E-state index in [1.54, 1.807) is 50.4 Å². The van der Waals surface area contributed by atoms with E-state index >= 15 is 0 Å². The first kappa shape index (κ1) is 17.5. The van der Waals surface area contributed by atoms with Gasteiger partial charge in [0.25, 0.3) is 5.91 Å². The number of benzene rings is 2. The minimum absolute atomic E-state index is 0.401. The Hall–Kier alpha value is -2.82. The maximum atomic E-state index is 12.3. The molecule has 0 bridgehead atoms. The van der Waals surface area contributed by atoms with Gasteiger partial charge in [-0.3, -0.25) is 4.79 Å². The van der Waals surface area contributed by atoms with Gasteiger partial charge in [-0.1, -0.05) is 18.2 Å². The van der Waals surface area contributed by atoms with Crippen LogP contribution in [0.3, 0.4) is 0 Å². The first-order chi connectivity index (χ1) is 11.4. The van der Waals surface area contributed by atoms with Crippen molar-refractivity contribution < 1.29 is 19.1 Å². The van der Waals surface area contributed by atoms with E-state index in [9.17, 15) is 9.59 Å². The number of anilines is 1. The second kappa shape index (κ2) is 7.64. The van der Waals surface area contributed by atoms with E-state index in [1.807, 2.05) is 19.9 Å². The molecule has 24 heavy (non-hydrogen) atoms. The van der Waals surface area contributed by atoms with Crippen LogP contribution in [0.25, 0.3) is 0 Å². The molecule has 0 aliphatic heterocycles. The van der Waals surface area contributed by atoms with Crippen LogP contribution in [0.5, 0.6) is 5.75 Å². The normalized spacial score (nSPS) is 11.5. The predicted octanol–water partition coefficient (Wildman–Crippen LogP) is 3.50. The van der Waals surface area contributed by atoms with Gasteiger partial charge < -0.3 is 14.8 Å². The molecule has 5 heteroatoms. The molecule has 1 N–H and O–H groups in total. The summed E-state index contributed by atoms with van der Waals surface area (Å²) in [4.78, 5) is 24.5. The summed E-state index contributed by atoms with van der Waals surface area (Å²) in [5.41, 5.74) is 2.89. The van der Waals surface area contributed by atoms with Gasteiger partial charge in [0.15, 0.2) is 6.10 Å². The van der Waals surface area contributed by atoms with Crippen molar-refractivity contribution in [2.75, 3.05) is 12.4 Å². The Bertz CT molecular complexity index is 755. The van der Waals surface area contributed by atoms with Crippen LogP contribution in [-0.2, 0) is 9.53 Å². The van der Waals surface area contributed by atoms with Crippen LogP contribution >= 0.6 is 0 Å². The van der Waals surface area contributed by atoms with Crippen molar-refractivity contribution in [2.45, 2.75) is 26.9 Å². The van der Waals surface area contributed by atoms with Gasteiger partial charge in [0.05, 0.1) is 12.7 Å². The van der Waals surface area contributed by atoms with E-state index < -0.39 is 18.0 Å². The minimum Gasteiger partial charge on any atom is -0.497 e. The van der Waals surface area contributed by atoms with Gasteiger partial charge in [0.1, 0.15) is 5.75 Å². The monoisotopic (exact) mass is 327 g/mol. The van der Waals surface area contributed by atoms with Gasteiger partial charge in [0, 0.05) is 11.8 Å². The van der Waals surface area contributed by atoms with E-state index in [-0.39, 0.29) is 0 Å². The average Bonchev–Trinajstić information content (AvgIpc) is 2.57. The highest BCUT2D eigenvalue weighted by Crippen LogP contribution is 2.18. The zero-order chi connectivity index (χ0) is 17.7. The average molecular weight is 327 g/mol. The topological polar surface area (TPSA) is 64.6 Å². The molecule has 0 aliphatic carbocycles. The van der Waals surface area contributed by atoms with Gasteiger partial charge in [-0.2, -0.15) is 0 Å². The summed E-state index contributed by atoms with van der Waals surface area (Å²) in [5.74, 6) is -0.278. The summed E-state index contributed by atoms with van der Waals surface area (Å²) in [5, 5.41) is 2.70. The van der Waals surface area contributed by atoms with Crippen LogP contribution in [0.15, 0.2) is 42.5 Å². The molecule has 0 unspecified atom stereocenters. The molecule has 0 aromatic heterocycles. The van der Waals surface area contributed by atoms with Crippen LogP contribution < -0.4 is 10.1 Å². The number of methoxy groups -OCH3 is 1. The molecule has 5 nitrogen and oxygen atoms in total. The lowest BCUT2D eigenvalue weighted by Gasteiger charge is -2.15. The number of rotatable bonds is 5. The Morgan fingerprint density at radius 3 is 2.50 bits per heavy atom. The predicted molar refractivity (Wildman–Crippen MR) is 92.4 cm³/mol. The molecular formula is C19H21NO4. The highest BCUT2D eigenvalue weighted by Gasteiger charge is 2.20. The second-order valence-electron chi connectivity index (χ2n) is 5.52. The van der Waals surface area contributed by atoms with Crippen LogP contribution in [0.2, 0.25) is 0 Å². The number of aryl methyl sites for hydroxylation is 1. The number of hydrogen-bond acceptors (Lipinski definition) is 4. The van der Waals surface area contributed by atoms with E-state index in [1.165, 1.54) is 0 Å². The number of nitrogens with one attached hydrogen (secondary N) is 1. The molecule has 0 heterocycles. The molecule has 0 radical (unpaired) electrons. The fraction of sp³-hybridized carbons (Fsp3) is 0.263. The molecule has 0 spiro atoms. The molecule has 1 amide bonds. The third-order valence-corrected chi connectivity index (χ3v) is 3.81. The molecule has 2 aromatic rings. The molecule has 126 valence electrons. The van der Waals surface area contributed by atoms with Crippen molar-refractivity contribution in [3.05, 3.63) is 59.2 Å². The fourth-order valence-corrected chi connectivity index (χ4v) is 2.19. The Kier molecular flexibility index (Phi) is 5.58. The number of carbonyl (C=O) groups excluding carboxylic acids is 2. The lowest BCUT2D eigenvalue weighted by atomic mass is 10.0. The Balaban J connectivity index is 2.03. The lowest BCUT2D eigenvalue weighted by Crippen LogP contribution is -2.30. The van der Waals surface area contributed by atoms with E-state index in [0.29, 0.717) is 17.0 Å². The minimum atomic E-state index is -0.913. The summed E-state index contributed by atoms with van der Waals surface area (Å²) in [7, 11) is 1.55. The maximum absolute atomic E-state index is 12.3. The SMILES string of the molecule is COc1cccc(NC(=O)[C@H](C)OC(=O)c2cccc(C)c2C)c1. The first-order valence-electron chi connectivity index (χ1n) is 7.64. The highest BCUT2D eigenvalue weighted by molar-refractivity contribution is 5.98. The van der Waals surface area contributed by atoms with Crippen molar-refractivity contribution in [1.29, 1.82) is 0 Å². The summed E-state index contributed by atoms with van der Waals surface area (Å²) in [6.07, 6.45) is -0.913. The first-order valence-corrected chi connectivity index (χ1v) is 7.64. The Morgan fingerprint density at radius 1 is 1.08 bits per heavy atom. The molecule has 2 rings (SSSR count). The van der Waals surface area contributed by atoms with Crippen LogP contribution in [-0.4, -0.2) is 25.1 Å². The molecule has 0 saturated heterocycles. The second-order valence-corrected chi connectivity index (χ2v) is 5.52. The van der Waals surface area contributed by atoms with Crippen LogP contribution in [0.4, 0.5) is 5.69 Å². The fourth-order valence-electron chi connectivity index (χ4n) is 2.19. The van der Waals surface area contributed by atoms with Gasteiger partial charge >= 0.3 is 5.97 Å². The van der Waals surface area contributed by atoms with E-state index in [0.717, 1.165) is 11.1 Å². The number of ether oxygens (including phenoxy) is 2. The maximum Gasteiger partial charge on any atom is 0.339 e.